The molecule has 0 spiro atoms. The van der Waals surface area contributed by atoms with Crippen molar-refractivity contribution in [2.75, 3.05) is 19.0 Å². The third-order valence-electron chi connectivity index (χ3n) is 2.79. The second kappa shape index (κ2) is 6.61. The van der Waals surface area contributed by atoms with Crippen LogP contribution in [0, 0.1) is 0 Å². The molecule has 0 heterocycles. The molecule has 4 nitrogen and oxygen atoms in total. The normalized spacial score (nSPS) is 9.90. The zero-order chi connectivity index (χ0) is 14.4. The van der Waals surface area contributed by atoms with Crippen molar-refractivity contribution >= 4 is 11.6 Å². The number of nitrogens with one attached hydrogen (secondary N) is 1. The van der Waals surface area contributed by atoms with E-state index in [0.717, 1.165) is 0 Å². The van der Waals surface area contributed by atoms with Crippen LogP contribution in [-0.2, 0) is 0 Å². The molecule has 0 unspecified atom stereocenters. The van der Waals surface area contributed by atoms with Gasteiger partial charge < -0.3 is 14.8 Å². The van der Waals surface area contributed by atoms with Crippen LogP contribution in [-0.4, -0.2) is 19.6 Å². The first kappa shape index (κ1) is 13.9. The third-order valence-corrected chi connectivity index (χ3v) is 2.79. The van der Waals surface area contributed by atoms with Crippen LogP contribution in [0.3, 0.4) is 0 Å². The minimum Gasteiger partial charge on any atom is -0.496 e. The van der Waals surface area contributed by atoms with Crippen LogP contribution in [0.4, 0.5) is 5.69 Å². The maximum Gasteiger partial charge on any atom is 0.259 e. The standard InChI is InChI=1S/C16H17NO3/c1-3-20-15-11-7-5-9-13(15)17-16(18)12-8-4-6-10-14(12)19-2/h4-11H,3H2,1-2H3,(H,17,18). The molecule has 0 radical (unpaired) electrons. The molecule has 2 aromatic carbocycles. The number of hydrogen-bond donors (Lipinski definition) is 1. The maximum atomic E-state index is 12.3. The number of rotatable bonds is 5. The van der Waals surface area contributed by atoms with Gasteiger partial charge in [0.25, 0.3) is 5.91 Å². The molecule has 0 fully saturated rings. The van der Waals surface area contributed by atoms with Crippen molar-refractivity contribution in [3.63, 3.8) is 0 Å². The van der Waals surface area contributed by atoms with E-state index in [0.29, 0.717) is 29.4 Å². The zero-order valence-electron chi connectivity index (χ0n) is 11.6. The second-order valence-electron chi connectivity index (χ2n) is 4.08. The lowest BCUT2D eigenvalue weighted by molar-refractivity contribution is 0.102. The Labute approximate surface area is 118 Å². The minimum atomic E-state index is -0.227. The maximum absolute atomic E-state index is 12.3. The highest BCUT2D eigenvalue weighted by Gasteiger charge is 2.13. The van der Waals surface area contributed by atoms with E-state index in [-0.39, 0.29) is 5.91 Å². The van der Waals surface area contributed by atoms with Crippen molar-refractivity contribution in [1.82, 2.24) is 0 Å². The Bertz CT molecular complexity index is 596. The van der Waals surface area contributed by atoms with E-state index in [1.165, 1.54) is 0 Å². The molecule has 2 aromatic rings. The summed E-state index contributed by atoms with van der Waals surface area (Å²) in [5.74, 6) is 0.965. The Hall–Kier alpha value is -2.49. The quantitative estimate of drug-likeness (QED) is 0.907. The molecule has 1 amide bonds. The molecule has 20 heavy (non-hydrogen) atoms. The summed E-state index contributed by atoms with van der Waals surface area (Å²) < 4.78 is 10.7. The molecule has 1 N–H and O–H groups in total. The van der Waals surface area contributed by atoms with Crippen LogP contribution < -0.4 is 14.8 Å². The van der Waals surface area contributed by atoms with Gasteiger partial charge in [-0.25, -0.2) is 0 Å². The van der Waals surface area contributed by atoms with Crippen molar-refractivity contribution < 1.29 is 14.3 Å². The van der Waals surface area contributed by atoms with Crippen LogP contribution in [0.15, 0.2) is 48.5 Å². The first-order valence-electron chi connectivity index (χ1n) is 6.42. The van der Waals surface area contributed by atoms with E-state index in [2.05, 4.69) is 5.32 Å². The molecule has 0 bridgehead atoms. The van der Waals surface area contributed by atoms with Crippen molar-refractivity contribution in [2.45, 2.75) is 6.92 Å². The molecule has 0 aliphatic rings. The lowest BCUT2D eigenvalue weighted by Gasteiger charge is -2.12. The minimum absolute atomic E-state index is 0.227. The largest absolute Gasteiger partial charge is 0.496 e. The highest BCUT2D eigenvalue weighted by Crippen LogP contribution is 2.25. The summed E-state index contributed by atoms with van der Waals surface area (Å²) in [4.78, 5) is 12.3. The van der Waals surface area contributed by atoms with E-state index in [4.69, 9.17) is 9.47 Å². The summed E-state index contributed by atoms with van der Waals surface area (Å²) in [6.07, 6.45) is 0. The Kier molecular flexibility index (Phi) is 4.60. The number of para-hydroxylation sites is 3. The van der Waals surface area contributed by atoms with Gasteiger partial charge in [-0.15, -0.1) is 0 Å². The molecule has 2 rings (SSSR count). The van der Waals surface area contributed by atoms with Crippen LogP contribution in [0.5, 0.6) is 11.5 Å². The molecular weight excluding hydrogens is 254 g/mol. The molecule has 0 aliphatic carbocycles. The summed E-state index contributed by atoms with van der Waals surface area (Å²) in [6, 6.07) is 14.4. The van der Waals surface area contributed by atoms with Gasteiger partial charge in [0, 0.05) is 0 Å². The summed E-state index contributed by atoms with van der Waals surface area (Å²) in [5.41, 5.74) is 1.13. The third kappa shape index (κ3) is 3.09. The van der Waals surface area contributed by atoms with Crippen molar-refractivity contribution in [2.24, 2.45) is 0 Å². The number of benzene rings is 2. The molecular formula is C16H17NO3. The summed E-state index contributed by atoms with van der Waals surface area (Å²) in [7, 11) is 1.54. The number of hydrogen-bond acceptors (Lipinski definition) is 3. The smallest absolute Gasteiger partial charge is 0.259 e. The van der Waals surface area contributed by atoms with Crippen molar-refractivity contribution in [3.8, 4) is 11.5 Å². The van der Waals surface area contributed by atoms with Gasteiger partial charge in [0.2, 0.25) is 0 Å². The van der Waals surface area contributed by atoms with Gasteiger partial charge in [-0.1, -0.05) is 24.3 Å². The van der Waals surface area contributed by atoms with E-state index in [9.17, 15) is 4.79 Å². The molecule has 104 valence electrons. The zero-order valence-corrected chi connectivity index (χ0v) is 11.6. The Balaban J connectivity index is 2.24. The van der Waals surface area contributed by atoms with Gasteiger partial charge in [0.05, 0.1) is 25.0 Å². The van der Waals surface area contributed by atoms with Crippen LogP contribution in [0.25, 0.3) is 0 Å². The topological polar surface area (TPSA) is 47.6 Å². The van der Waals surface area contributed by atoms with E-state index < -0.39 is 0 Å². The van der Waals surface area contributed by atoms with E-state index in [1.54, 1.807) is 31.4 Å². The second-order valence-corrected chi connectivity index (χ2v) is 4.08. The summed E-state index contributed by atoms with van der Waals surface area (Å²) in [6.45, 7) is 2.44. The number of amides is 1. The lowest BCUT2D eigenvalue weighted by atomic mass is 10.2. The molecule has 0 saturated heterocycles. The van der Waals surface area contributed by atoms with Gasteiger partial charge in [-0.05, 0) is 31.2 Å². The lowest BCUT2D eigenvalue weighted by Crippen LogP contribution is -2.14. The van der Waals surface area contributed by atoms with E-state index >= 15 is 0 Å². The fraction of sp³-hybridized carbons (Fsp3) is 0.188. The number of ether oxygens (including phenoxy) is 2. The highest BCUT2D eigenvalue weighted by molar-refractivity contribution is 6.06. The number of anilines is 1. The average molecular weight is 271 g/mol. The molecule has 0 saturated carbocycles. The highest BCUT2D eigenvalue weighted by atomic mass is 16.5. The molecule has 0 atom stereocenters. The average Bonchev–Trinajstić information content (AvgIpc) is 2.49. The summed E-state index contributed by atoms with van der Waals surface area (Å²) >= 11 is 0. The fourth-order valence-electron chi connectivity index (χ4n) is 1.87. The first-order valence-corrected chi connectivity index (χ1v) is 6.42. The Morgan fingerprint density at radius 3 is 2.40 bits per heavy atom. The number of carbonyl (C=O) groups excluding carboxylic acids is 1. The van der Waals surface area contributed by atoms with Gasteiger partial charge in [0.1, 0.15) is 11.5 Å². The Morgan fingerprint density at radius 2 is 1.70 bits per heavy atom. The molecule has 0 aliphatic heterocycles. The van der Waals surface area contributed by atoms with Gasteiger partial charge >= 0.3 is 0 Å². The first-order chi connectivity index (χ1) is 9.76. The van der Waals surface area contributed by atoms with Crippen molar-refractivity contribution in [3.05, 3.63) is 54.1 Å². The van der Waals surface area contributed by atoms with E-state index in [1.807, 2.05) is 31.2 Å². The van der Waals surface area contributed by atoms with Gasteiger partial charge in [-0.3, -0.25) is 4.79 Å². The number of methoxy groups -OCH3 is 1. The summed E-state index contributed by atoms with van der Waals surface area (Å²) in [5, 5.41) is 2.84. The van der Waals surface area contributed by atoms with Crippen molar-refractivity contribution in [1.29, 1.82) is 0 Å². The molecule has 4 heteroatoms. The SMILES string of the molecule is CCOc1ccccc1NC(=O)c1ccccc1OC. The van der Waals surface area contributed by atoms with Gasteiger partial charge in [-0.2, -0.15) is 0 Å². The predicted molar refractivity (Wildman–Crippen MR) is 78.6 cm³/mol. The van der Waals surface area contributed by atoms with Crippen LogP contribution in [0.1, 0.15) is 17.3 Å². The molecule has 0 aromatic heterocycles. The Morgan fingerprint density at radius 1 is 1.05 bits per heavy atom. The van der Waals surface area contributed by atoms with Crippen LogP contribution >= 0.6 is 0 Å². The fourth-order valence-corrected chi connectivity index (χ4v) is 1.87. The van der Waals surface area contributed by atoms with Crippen LogP contribution in [0.2, 0.25) is 0 Å². The number of carbonyl (C=O) groups is 1. The predicted octanol–water partition coefficient (Wildman–Crippen LogP) is 3.35. The monoisotopic (exact) mass is 271 g/mol. The van der Waals surface area contributed by atoms with Gasteiger partial charge in [0.15, 0.2) is 0 Å².